The molecular weight excluding hydrogens is 436 g/mol. The van der Waals surface area contributed by atoms with E-state index >= 15 is 0 Å². The number of para-hydroxylation sites is 1. The van der Waals surface area contributed by atoms with E-state index in [0.29, 0.717) is 29.0 Å². The first-order valence-electron chi connectivity index (χ1n) is 11.6. The van der Waals surface area contributed by atoms with E-state index < -0.39 is 0 Å². The van der Waals surface area contributed by atoms with Crippen LogP contribution in [-0.2, 0) is 4.79 Å². The highest BCUT2D eigenvalue weighted by atomic mass is 35.5. The van der Waals surface area contributed by atoms with Gasteiger partial charge in [-0.3, -0.25) is 4.79 Å². The molecule has 33 heavy (non-hydrogen) atoms. The number of nitrogens with one attached hydrogen (secondary N) is 3. The molecule has 1 aliphatic heterocycles. The summed E-state index contributed by atoms with van der Waals surface area (Å²) in [5.74, 6) is 1.17. The predicted molar refractivity (Wildman–Crippen MR) is 132 cm³/mol. The van der Waals surface area contributed by atoms with E-state index in [1.54, 1.807) is 6.20 Å². The van der Waals surface area contributed by atoms with Gasteiger partial charge in [0, 0.05) is 60.3 Å². The lowest BCUT2D eigenvalue weighted by Gasteiger charge is -2.40. The minimum Gasteiger partial charge on any atom is -0.360 e. The molecule has 1 aromatic carbocycles. The van der Waals surface area contributed by atoms with Crippen LogP contribution in [0.4, 0.5) is 5.95 Å². The van der Waals surface area contributed by atoms with Gasteiger partial charge in [0.1, 0.15) is 0 Å². The van der Waals surface area contributed by atoms with Crippen LogP contribution >= 0.6 is 11.6 Å². The molecule has 1 saturated heterocycles. The summed E-state index contributed by atoms with van der Waals surface area (Å²) in [5, 5.41) is 8.88. The third kappa shape index (κ3) is 4.75. The summed E-state index contributed by atoms with van der Waals surface area (Å²) in [5.41, 5.74) is 2.77. The van der Waals surface area contributed by atoms with Crippen molar-refractivity contribution < 1.29 is 4.79 Å². The second-order valence-electron chi connectivity index (χ2n) is 9.06. The molecule has 1 aliphatic carbocycles. The van der Waals surface area contributed by atoms with Crippen LogP contribution < -0.4 is 10.6 Å². The summed E-state index contributed by atoms with van der Waals surface area (Å²) < 4.78 is 0. The Labute approximate surface area is 198 Å². The Morgan fingerprint density at radius 3 is 2.94 bits per heavy atom. The number of rotatable bonds is 7. The van der Waals surface area contributed by atoms with Gasteiger partial charge in [-0.15, -0.1) is 0 Å². The predicted octanol–water partition coefficient (Wildman–Crippen LogP) is 4.24. The van der Waals surface area contributed by atoms with Crippen molar-refractivity contribution in [3.8, 4) is 11.3 Å². The van der Waals surface area contributed by atoms with Gasteiger partial charge in [0.2, 0.25) is 11.9 Å². The smallest absolute Gasteiger partial charge is 0.245 e. The summed E-state index contributed by atoms with van der Waals surface area (Å²) in [6.07, 6.45) is 9.47. The van der Waals surface area contributed by atoms with E-state index in [4.69, 9.17) is 16.6 Å². The molecule has 0 bridgehead atoms. The number of amides is 1. The average Bonchev–Trinajstić information content (AvgIpc) is 3.23. The van der Waals surface area contributed by atoms with E-state index in [1.807, 2.05) is 29.3 Å². The van der Waals surface area contributed by atoms with Gasteiger partial charge in [-0.25, -0.2) is 9.97 Å². The highest BCUT2D eigenvalue weighted by Gasteiger charge is 2.30. The fourth-order valence-electron chi connectivity index (χ4n) is 4.92. The molecule has 2 aliphatic rings. The van der Waals surface area contributed by atoms with Gasteiger partial charge in [0.15, 0.2) is 0 Å². The van der Waals surface area contributed by atoms with Crippen molar-refractivity contribution in [1.29, 1.82) is 0 Å². The zero-order chi connectivity index (χ0) is 22.8. The van der Waals surface area contributed by atoms with Crippen molar-refractivity contribution in [2.24, 2.45) is 5.92 Å². The minimum absolute atomic E-state index is 0.0307. The quantitative estimate of drug-likeness (QED) is 0.455. The zero-order valence-electron chi connectivity index (χ0n) is 18.6. The van der Waals surface area contributed by atoms with Crippen molar-refractivity contribution in [3.05, 3.63) is 54.3 Å². The summed E-state index contributed by atoms with van der Waals surface area (Å²) in [4.78, 5) is 26.0. The average molecular weight is 465 g/mol. The fourth-order valence-corrected chi connectivity index (χ4v) is 5.12. The summed E-state index contributed by atoms with van der Waals surface area (Å²) in [6.45, 7) is 6.14. The maximum absolute atomic E-state index is 11.6. The van der Waals surface area contributed by atoms with Crippen LogP contribution in [0.3, 0.4) is 0 Å². The second kappa shape index (κ2) is 9.53. The van der Waals surface area contributed by atoms with Gasteiger partial charge in [0.25, 0.3) is 0 Å². The second-order valence-corrected chi connectivity index (χ2v) is 9.47. The molecule has 2 aromatic heterocycles. The van der Waals surface area contributed by atoms with Crippen LogP contribution in [0.25, 0.3) is 22.2 Å². The maximum Gasteiger partial charge on any atom is 0.245 e. The molecule has 8 heteroatoms. The van der Waals surface area contributed by atoms with Crippen LogP contribution in [-0.4, -0.2) is 57.5 Å². The van der Waals surface area contributed by atoms with Gasteiger partial charge < -0.3 is 20.5 Å². The molecule has 3 aromatic rings. The number of hydrogen-bond donors (Lipinski definition) is 3. The summed E-state index contributed by atoms with van der Waals surface area (Å²) in [7, 11) is 0. The van der Waals surface area contributed by atoms with Crippen molar-refractivity contribution in [2.45, 2.75) is 37.8 Å². The molecular formula is C25H29ClN6O. The molecule has 3 N–H and O–H groups in total. The van der Waals surface area contributed by atoms with E-state index in [-0.39, 0.29) is 5.91 Å². The molecule has 172 valence electrons. The highest BCUT2D eigenvalue weighted by Crippen LogP contribution is 2.32. The fraction of sp³-hybridized carbons (Fsp3) is 0.400. The van der Waals surface area contributed by atoms with Gasteiger partial charge in [0.05, 0.1) is 16.9 Å². The van der Waals surface area contributed by atoms with Crippen LogP contribution in [0.5, 0.6) is 0 Å². The Bertz CT molecular complexity index is 1150. The first-order chi connectivity index (χ1) is 16.1. The first-order valence-corrected chi connectivity index (χ1v) is 12.0. The largest absolute Gasteiger partial charge is 0.360 e. The van der Waals surface area contributed by atoms with Crippen molar-refractivity contribution in [3.63, 3.8) is 0 Å². The standard InChI is InChI=1S/C25H29ClN6O/c1-2-23(33)32-14-16(15-32)11-27-17-6-5-7-18(10-17)30-25-29-13-21(26)24(31-25)20-12-28-22-9-4-3-8-19(20)22/h2-4,8-9,12-13,16-18,27-28H,1,5-7,10-11,14-15H2,(H,29,30,31)/t17-,18+/m0/s1. The molecule has 0 radical (unpaired) electrons. The lowest BCUT2D eigenvalue weighted by molar-refractivity contribution is -0.131. The van der Waals surface area contributed by atoms with Crippen molar-refractivity contribution in [1.82, 2.24) is 25.2 Å². The van der Waals surface area contributed by atoms with Gasteiger partial charge >= 0.3 is 0 Å². The topological polar surface area (TPSA) is 85.9 Å². The monoisotopic (exact) mass is 464 g/mol. The van der Waals surface area contributed by atoms with Crippen LogP contribution in [0.15, 0.2) is 49.3 Å². The molecule has 2 fully saturated rings. The Balaban J connectivity index is 1.19. The lowest BCUT2D eigenvalue weighted by Crippen LogP contribution is -2.54. The number of anilines is 1. The number of carbonyl (C=O) groups is 1. The first kappa shape index (κ1) is 21.9. The molecule has 0 spiro atoms. The number of halogens is 1. The third-order valence-electron chi connectivity index (χ3n) is 6.73. The van der Waals surface area contributed by atoms with Crippen LogP contribution in [0.2, 0.25) is 5.02 Å². The van der Waals surface area contributed by atoms with Crippen molar-refractivity contribution in [2.75, 3.05) is 25.0 Å². The molecule has 1 saturated carbocycles. The Morgan fingerprint density at radius 1 is 1.27 bits per heavy atom. The zero-order valence-corrected chi connectivity index (χ0v) is 19.3. The van der Waals surface area contributed by atoms with Crippen LogP contribution in [0, 0.1) is 5.92 Å². The number of fused-ring (bicyclic) bond motifs is 1. The molecule has 3 heterocycles. The number of aromatic nitrogens is 3. The number of carbonyl (C=O) groups excluding carboxylic acids is 1. The Hall–Kier alpha value is -2.90. The van der Waals surface area contributed by atoms with Gasteiger partial charge in [-0.05, 0) is 37.8 Å². The number of benzene rings is 1. The van der Waals surface area contributed by atoms with E-state index in [1.165, 1.54) is 12.5 Å². The lowest BCUT2D eigenvalue weighted by atomic mass is 9.90. The number of H-pyrrole nitrogens is 1. The number of nitrogens with zero attached hydrogens (tertiary/aromatic N) is 3. The maximum atomic E-state index is 11.6. The van der Waals surface area contributed by atoms with Gasteiger partial charge in [-0.2, -0.15) is 0 Å². The van der Waals surface area contributed by atoms with E-state index in [2.05, 4.69) is 33.2 Å². The number of likely N-dealkylation sites (tertiary alicyclic amines) is 1. The third-order valence-corrected chi connectivity index (χ3v) is 7.01. The normalized spacial score (nSPS) is 21.1. The SMILES string of the molecule is C=CC(=O)N1CC(CN[C@H]2CCC[C@@H](Nc3ncc(Cl)c(-c4c[nH]c5ccccc45)n3)C2)C1. The molecule has 0 unspecified atom stereocenters. The number of hydrogen-bond acceptors (Lipinski definition) is 5. The minimum atomic E-state index is 0.0307. The Morgan fingerprint density at radius 2 is 2.09 bits per heavy atom. The highest BCUT2D eigenvalue weighted by molar-refractivity contribution is 6.33. The van der Waals surface area contributed by atoms with Crippen LogP contribution in [0.1, 0.15) is 25.7 Å². The van der Waals surface area contributed by atoms with E-state index in [0.717, 1.165) is 61.1 Å². The van der Waals surface area contributed by atoms with Gasteiger partial charge in [-0.1, -0.05) is 36.4 Å². The molecule has 1 amide bonds. The summed E-state index contributed by atoms with van der Waals surface area (Å²) >= 11 is 6.48. The number of aromatic amines is 1. The van der Waals surface area contributed by atoms with Crippen molar-refractivity contribution >= 4 is 34.4 Å². The van der Waals surface area contributed by atoms with E-state index in [9.17, 15) is 4.79 Å². The molecule has 5 rings (SSSR count). The summed E-state index contributed by atoms with van der Waals surface area (Å²) in [6, 6.07) is 8.90. The Kier molecular flexibility index (Phi) is 6.33. The molecule has 7 nitrogen and oxygen atoms in total. The molecule has 2 atom stereocenters.